The quantitative estimate of drug-likeness (QED) is 0.647. The van der Waals surface area contributed by atoms with Crippen LogP contribution in [0.3, 0.4) is 0 Å². The Morgan fingerprint density at radius 2 is 2.04 bits per heavy atom. The molecule has 3 rings (SSSR count). The molecular weight excluding hydrogens is 326 g/mol. The lowest BCUT2D eigenvalue weighted by molar-refractivity contribution is -0.122. The van der Waals surface area contributed by atoms with E-state index >= 15 is 0 Å². The van der Waals surface area contributed by atoms with E-state index in [1.807, 2.05) is 0 Å². The van der Waals surface area contributed by atoms with E-state index in [4.69, 9.17) is 4.74 Å². The third-order valence-corrected chi connectivity index (χ3v) is 3.52. The van der Waals surface area contributed by atoms with Crippen LogP contribution in [0.4, 0.5) is 10.5 Å². The molecular formula is C17H13N3O5. The van der Waals surface area contributed by atoms with E-state index in [0.717, 1.165) is 4.90 Å². The van der Waals surface area contributed by atoms with E-state index in [-0.39, 0.29) is 22.8 Å². The summed E-state index contributed by atoms with van der Waals surface area (Å²) >= 11 is 0. The van der Waals surface area contributed by atoms with E-state index in [9.17, 15) is 19.5 Å². The van der Waals surface area contributed by atoms with Crippen molar-refractivity contribution in [2.75, 3.05) is 12.0 Å². The molecule has 1 fully saturated rings. The number of carbonyl (C=O) groups is 3. The van der Waals surface area contributed by atoms with Crippen molar-refractivity contribution < 1.29 is 24.2 Å². The third kappa shape index (κ3) is 3.05. The van der Waals surface area contributed by atoms with Gasteiger partial charge in [-0.2, -0.15) is 0 Å². The Morgan fingerprint density at radius 1 is 1.24 bits per heavy atom. The van der Waals surface area contributed by atoms with Crippen LogP contribution in [0.1, 0.15) is 5.56 Å². The molecule has 0 unspecified atom stereocenters. The van der Waals surface area contributed by atoms with Gasteiger partial charge in [0, 0.05) is 6.20 Å². The van der Waals surface area contributed by atoms with Crippen molar-refractivity contribution in [2.24, 2.45) is 0 Å². The number of nitrogens with zero attached hydrogens (tertiary/aromatic N) is 2. The van der Waals surface area contributed by atoms with Crippen LogP contribution in [0, 0.1) is 0 Å². The van der Waals surface area contributed by atoms with Gasteiger partial charge in [0.25, 0.3) is 11.8 Å². The first-order chi connectivity index (χ1) is 12.0. The average molecular weight is 339 g/mol. The van der Waals surface area contributed by atoms with Crippen LogP contribution in [-0.2, 0) is 9.59 Å². The number of anilines is 1. The number of urea groups is 1. The zero-order valence-corrected chi connectivity index (χ0v) is 13.1. The van der Waals surface area contributed by atoms with Crippen molar-refractivity contribution in [3.63, 3.8) is 0 Å². The second-order valence-electron chi connectivity index (χ2n) is 5.10. The van der Waals surface area contributed by atoms with Gasteiger partial charge in [0.05, 0.1) is 19.0 Å². The Balaban J connectivity index is 2.02. The average Bonchev–Trinajstić information content (AvgIpc) is 2.60. The minimum Gasteiger partial charge on any atom is -0.504 e. The zero-order valence-electron chi connectivity index (χ0n) is 13.1. The summed E-state index contributed by atoms with van der Waals surface area (Å²) in [7, 11) is 1.38. The number of aromatic hydroxyl groups is 1. The molecule has 25 heavy (non-hydrogen) atoms. The topological polar surface area (TPSA) is 109 Å². The number of barbiturate groups is 1. The van der Waals surface area contributed by atoms with E-state index < -0.39 is 17.8 Å². The Bertz CT molecular complexity index is 892. The molecule has 2 heterocycles. The Kier molecular flexibility index (Phi) is 4.17. The van der Waals surface area contributed by atoms with E-state index in [1.54, 1.807) is 6.07 Å². The first-order valence-corrected chi connectivity index (χ1v) is 7.19. The van der Waals surface area contributed by atoms with Gasteiger partial charge in [-0.15, -0.1) is 0 Å². The SMILES string of the molecule is COc1cc(/C=C2\C(=O)NC(=O)N(c3cccnc3)C2=O)ccc1O. The Morgan fingerprint density at radius 3 is 2.72 bits per heavy atom. The fraction of sp³-hybridized carbons (Fsp3) is 0.0588. The predicted molar refractivity (Wildman–Crippen MR) is 87.9 cm³/mol. The smallest absolute Gasteiger partial charge is 0.336 e. The number of rotatable bonds is 3. The summed E-state index contributed by atoms with van der Waals surface area (Å²) in [6.45, 7) is 0. The number of nitrogens with one attached hydrogen (secondary N) is 1. The molecule has 8 heteroatoms. The summed E-state index contributed by atoms with van der Waals surface area (Å²) < 4.78 is 5.00. The lowest BCUT2D eigenvalue weighted by Crippen LogP contribution is -2.54. The number of hydrogen-bond donors (Lipinski definition) is 2. The van der Waals surface area contributed by atoms with Gasteiger partial charge in [0.2, 0.25) is 0 Å². The van der Waals surface area contributed by atoms with Crippen molar-refractivity contribution in [1.29, 1.82) is 0 Å². The molecule has 0 radical (unpaired) electrons. The van der Waals surface area contributed by atoms with Gasteiger partial charge in [-0.25, -0.2) is 9.69 Å². The molecule has 4 amide bonds. The van der Waals surface area contributed by atoms with Crippen LogP contribution in [0.5, 0.6) is 11.5 Å². The summed E-state index contributed by atoms with van der Waals surface area (Å²) in [6.07, 6.45) is 4.16. The molecule has 1 aromatic heterocycles. The summed E-state index contributed by atoms with van der Waals surface area (Å²) in [5.41, 5.74) is 0.469. The molecule has 1 aliphatic heterocycles. The molecule has 0 bridgehead atoms. The molecule has 0 spiro atoms. The molecule has 0 saturated carbocycles. The van der Waals surface area contributed by atoms with Gasteiger partial charge >= 0.3 is 6.03 Å². The van der Waals surface area contributed by atoms with Gasteiger partial charge in [-0.3, -0.25) is 19.9 Å². The number of imide groups is 2. The molecule has 2 aromatic rings. The van der Waals surface area contributed by atoms with Crippen LogP contribution < -0.4 is 15.0 Å². The number of benzene rings is 1. The number of aromatic nitrogens is 1. The molecule has 1 aliphatic rings. The maximum absolute atomic E-state index is 12.6. The van der Waals surface area contributed by atoms with Gasteiger partial charge in [0.1, 0.15) is 5.57 Å². The molecule has 2 N–H and O–H groups in total. The summed E-state index contributed by atoms with van der Waals surface area (Å²) in [6, 6.07) is 6.61. The van der Waals surface area contributed by atoms with Crippen LogP contribution >= 0.6 is 0 Å². The lowest BCUT2D eigenvalue weighted by atomic mass is 10.1. The highest BCUT2D eigenvalue weighted by atomic mass is 16.5. The van der Waals surface area contributed by atoms with Gasteiger partial charge < -0.3 is 9.84 Å². The van der Waals surface area contributed by atoms with Crippen molar-refractivity contribution in [3.05, 3.63) is 53.9 Å². The normalized spacial score (nSPS) is 16.1. The first kappa shape index (κ1) is 16.2. The van der Waals surface area contributed by atoms with E-state index in [2.05, 4.69) is 10.3 Å². The fourth-order valence-corrected chi connectivity index (χ4v) is 2.33. The first-order valence-electron chi connectivity index (χ1n) is 7.19. The van der Waals surface area contributed by atoms with Crippen LogP contribution in [-0.4, -0.2) is 35.0 Å². The summed E-state index contributed by atoms with van der Waals surface area (Å²) in [5.74, 6) is -1.45. The number of ether oxygens (including phenoxy) is 1. The monoisotopic (exact) mass is 339 g/mol. The third-order valence-electron chi connectivity index (χ3n) is 3.52. The maximum atomic E-state index is 12.6. The summed E-state index contributed by atoms with van der Waals surface area (Å²) in [5, 5.41) is 11.7. The second-order valence-corrected chi connectivity index (χ2v) is 5.10. The standard InChI is InChI=1S/C17H13N3O5/c1-25-14-8-10(4-5-13(14)21)7-12-15(22)19-17(24)20(16(12)23)11-3-2-6-18-9-11/h2-9,21H,1H3,(H,19,22,24)/b12-7+. The highest BCUT2D eigenvalue weighted by Gasteiger charge is 2.36. The zero-order chi connectivity index (χ0) is 18.0. The van der Waals surface area contributed by atoms with Crippen molar-refractivity contribution in [1.82, 2.24) is 10.3 Å². The predicted octanol–water partition coefficient (Wildman–Crippen LogP) is 1.46. The number of hydrogen-bond acceptors (Lipinski definition) is 6. The molecule has 126 valence electrons. The van der Waals surface area contributed by atoms with Crippen molar-refractivity contribution >= 4 is 29.6 Å². The minimum absolute atomic E-state index is 0.0729. The van der Waals surface area contributed by atoms with Crippen LogP contribution in [0.2, 0.25) is 0 Å². The summed E-state index contributed by atoms with van der Waals surface area (Å²) in [4.78, 5) is 41.4. The second kappa shape index (κ2) is 6.44. The number of pyridine rings is 1. The largest absolute Gasteiger partial charge is 0.504 e. The molecule has 1 saturated heterocycles. The maximum Gasteiger partial charge on any atom is 0.336 e. The molecule has 1 aromatic carbocycles. The van der Waals surface area contributed by atoms with Gasteiger partial charge in [-0.1, -0.05) is 6.07 Å². The Labute approximate surface area is 142 Å². The lowest BCUT2D eigenvalue weighted by Gasteiger charge is -2.26. The van der Waals surface area contributed by atoms with E-state index in [0.29, 0.717) is 5.56 Å². The van der Waals surface area contributed by atoms with Crippen molar-refractivity contribution in [2.45, 2.75) is 0 Å². The minimum atomic E-state index is -0.844. The van der Waals surface area contributed by atoms with E-state index in [1.165, 1.54) is 49.8 Å². The van der Waals surface area contributed by atoms with Gasteiger partial charge in [0.15, 0.2) is 11.5 Å². The van der Waals surface area contributed by atoms with Crippen LogP contribution in [0.25, 0.3) is 6.08 Å². The number of methoxy groups -OCH3 is 1. The number of phenolic OH excluding ortho intramolecular Hbond substituents is 1. The highest BCUT2D eigenvalue weighted by Crippen LogP contribution is 2.28. The number of carbonyl (C=O) groups excluding carboxylic acids is 3. The number of amides is 4. The molecule has 8 nitrogen and oxygen atoms in total. The van der Waals surface area contributed by atoms with Crippen molar-refractivity contribution in [3.8, 4) is 11.5 Å². The molecule has 0 atom stereocenters. The van der Waals surface area contributed by atoms with Crippen LogP contribution in [0.15, 0.2) is 48.3 Å². The fourth-order valence-electron chi connectivity index (χ4n) is 2.33. The molecule has 0 aliphatic carbocycles. The Hall–Kier alpha value is -3.68. The number of phenols is 1. The van der Waals surface area contributed by atoms with Gasteiger partial charge in [-0.05, 0) is 35.9 Å². The highest BCUT2D eigenvalue weighted by molar-refractivity contribution is 6.39.